The fraction of sp³-hybridized carbons (Fsp3) is 0.444. The van der Waals surface area contributed by atoms with Crippen molar-refractivity contribution in [2.75, 3.05) is 13.1 Å². The molecule has 1 amide bonds. The number of piperidine rings is 1. The predicted octanol–water partition coefficient (Wildman–Crippen LogP) is 3.14. The van der Waals surface area contributed by atoms with Crippen LogP contribution in [0.25, 0.3) is 0 Å². The Bertz CT molecular complexity index is 657. The second-order valence-corrected chi connectivity index (χ2v) is 6.09. The zero-order valence-electron chi connectivity index (χ0n) is 13.4. The van der Waals surface area contributed by atoms with E-state index in [-0.39, 0.29) is 11.7 Å². The predicted molar refractivity (Wildman–Crippen MR) is 86.6 cm³/mol. The number of amides is 1. The molecule has 1 aromatic heterocycles. The van der Waals surface area contributed by atoms with Crippen molar-refractivity contribution in [1.82, 2.24) is 14.5 Å². The molecule has 1 aliphatic rings. The molecule has 0 atom stereocenters. The summed E-state index contributed by atoms with van der Waals surface area (Å²) < 4.78 is 15.2. The molecule has 2 aromatic rings. The zero-order valence-corrected chi connectivity index (χ0v) is 13.4. The molecule has 0 saturated carbocycles. The second-order valence-electron chi connectivity index (χ2n) is 6.09. The van der Waals surface area contributed by atoms with E-state index in [9.17, 15) is 9.18 Å². The maximum absolute atomic E-state index is 13.0. The van der Waals surface area contributed by atoms with Gasteiger partial charge in [0.2, 0.25) is 0 Å². The van der Waals surface area contributed by atoms with Crippen LogP contribution < -0.4 is 0 Å². The normalized spacial score (nSPS) is 15.8. The van der Waals surface area contributed by atoms with E-state index in [0.29, 0.717) is 11.5 Å². The van der Waals surface area contributed by atoms with E-state index in [0.717, 1.165) is 44.7 Å². The Balaban J connectivity index is 1.56. The van der Waals surface area contributed by atoms with Gasteiger partial charge in [-0.25, -0.2) is 9.37 Å². The molecule has 1 aliphatic heterocycles. The van der Waals surface area contributed by atoms with E-state index in [4.69, 9.17) is 0 Å². The van der Waals surface area contributed by atoms with Crippen molar-refractivity contribution in [2.45, 2.75) is 32.7 Å². The maximum atomic E-state index is 13.0. The van der Waals surface area contributed by atoms with Crippen molar-refractivity contribution in [3.8, 4) is 0 Å². The third-order valence-corrected chi connectivity index (χ3v) is 4.57. The van der Waals surface area contributed by atoms with Gasteiger partial charge in [-0.05, 0) is 43.0 Å². The number of nitrogens with zero attached hydrogens (tertiary/aromatic N) is 3. The van der Waals surface area contributed by atoms with E-state index in [1.54, 1.807) is 12.1 Å². The first-order chi connectivity index (χ1) is 11.2. The highest BCUT2D eigenvalue weighted by Crippen LogP contribution is 2.21. The molecule has 3 rings (SSSR count). The lowest BCUT2D eigenvalue weighted by atomic mass is 9.96. The molecule has 0 radical (unpaired) electrons. The van der Waals surface area contributed by atoms with Gasteiger partial charge in [0.05, 0.1) is 0 Å². The smallest absolute Gasteiger partial charge is 0.253 e. The zero-order chi connectivity index (χ0) is 16.2. The number of carbonyl (C=O) groups is 1. The van der Waals surface area contributed by atoms with Gasteiger partial charge in [-0.2, -0.15) is 0 Å². The van der Waals surface area contributed by atoms with Crippen LogP contribution in [0.5, 0.6) is 0 Å². The van der Waals surface area contributed by atoms with Gasteiger partial charge < -0.3 is 9.47 Å². The topological polar surface area (TPSA) is 38.1 Å². The Hall–Kier alpha value is -2.17. The molecule has 0 N–H and O–H groups in total. The standard InChI is InChI=1S/C18H22FN3O/c1-2-17-20-9-12-22(17)13-14-7-10-21(11-8-14)18(23)15-3-5-16(19)6-4-15/h3-6,9,12,14H,2,7-8,10-11,13H2,1H3. The molecule has 2 heterocycles. The van der Waals surface area contributed by atoms with Gasteiger partial charge >= 0.3 is 0 Å². The van der Waals surface area contributed by atoms with Crippen molar-refractivity contribution in [3.63, 3.8) is 0 Å². The van der Waals surface area contributed by atoms with Crippen LogP contribution in [0, 0.1) is 11.7 Å². The highest BCUT2D eigenvalue weighted by Gasteiger charge is 2.24. The first kappa shape index (κ1) is 15.7. The number of benzene rings is 1. The van der Waals surface area contributed by atoms with Gasteiger partial charge in [-0.15, -0.1) is 0 Å². The lowest BCUT2D eigenvalue weighted by Gasteiger charge is -2.32. The van der Waals surface area contributed by atoms with Gasteiger partial charge in [-0.3, -0.25) is 4.79 Å². The summed E-state index contributed by atoms with van der Waals surface area (Å²) in [5.74, 6) is 1.38. The SMILES string of the molecule is CCc1nccn1CC1CCN(C(=O)c2ccc(F)cc2)CC1. The molecule has 0 aliphatic carbocycles. The van der Waals surface area contributed by atoms with Crippen molar-refractivity contribution >= 4 is 5.91 Å². The maximum Gasteiger partial charge on any atom is 0.253 e. The van der Waals surface area contributed by atoms with Gasteiger partial charge in [0, 0.05) is 44.0 Å². The first-order valence-corrected chi connectivity index (χ1v) is 8.22. The van der Waals surface area contributed by atoms with Gasteiger partial charge in [0.15, 0.2) is 0 Å². The minimum atomic E-state index is -0.313. The van der Waals surface area contributed by atoms with Crippen LogP contribution in [-0.2, 0) is 13.0 Å². The lowest BCUT2D eigenvalue weighted by Crippen LogP contribution is -2.39. The third-order valence-electron chi connectivity index (χ3n) is 4.57. The highest BCUT2D eigenvalue weighted by molar-refractivity contribution is 5.94. The van der Waals surface area contributed by atoms with Crippen molar-refractivity contribution in [1.29, 1.82) is 0 Å². The van der Waals surface area contributed by atoms with Gasteiger partial charge in [0.25, 0.3) is 5.91 Å². The van der Waals surface area contributed by atoms with Crippen LogP contribution in [0.4, 0.5) is 4.39 Å². The quantitative estimate of drug-likeness (QED) is 0.869. The summed E-state index contributed by atoms with van der Waals surface area (Å²) in [6, 6.07) is 5.79. The number of carbonyl (C=O) groups excluding carboxylic acids is 1. The van der Waals surface area contributed by atoms with Crippen LogP contribution in [0.3, 0.4) is 0 Å². The monoisotopic (exact) mass is 315 g/mol. The van der Waals surface area contributed by atoms with Crippen molar-refractivity contribution < 1.29 is 9.18 Å². The summed E-state index contributed by atoms with van der Waals surface area (Å²) in [5.41, 5.74) is 0.563. The molecule has 1 fully saturated rings. The van der Waals surface area contributed by atoms with E-state index < -0.39 is 0 Å². The second kappa shape index (κ2) is 6.94. The molecule has 0 bridgehead atoms. The minimum absolute atomic E-state index is 0.000304. The molecule has 0 spiro atoms. The summed E-state index contributed by atoms with van der Waals surface area (Å²) >= 11 is 0. The molecule has 0 unspecified atom stereocenters. The average molecular weight is 315 g/mol. The minimum Gasteiger partial charge on any atom is -0.339 e. The fourth-order valence-electron chi connectivity index (χ4n) is 3.19. The first-order valence-electron chi connectivity index (χ1n) is 8.22. The number of imidazole rings is 1. The number of hydrogen-bond acceptors (Lipinski definition) is 2. The summed E-state index contributed by atoms with van der Waals surface area (Å²) in [6.07, 6.45) is 6.82. The van der Waals surface area contributed by atoms with Gasteiger partial charge in [-0.1, -0.05) is 6.92 Å². The Morgan fingerprint density at radius 2 is 1.96 bits per heavy atom. The fourth-order valence-corrected chi connectivity index (χ4v) is 3.19. The molecule has 1 saturated heterocycles. The van der Waals surface area contributed by atoms with Crippen LogP contribution >= 0.6 is 0 Å². The highest BCUT2D eigenvalue weighted by atomic mass is 19.1. The number of aromatic nitrogens is 2. The largest absolute Gasteiger partial charge is 0.339 e. The Kier molecular flexibility index (Phi) is 4.74. The number of rotatable bonds is 4. The number of aryl methyl sites for hydroxylation is 1. The van der Waals surface area contributed by atoms with E-state index in [2.05, 4.69) is 16.5 Å². The number of likely N-dealkylation sites (tertiary alicyclic amines) is 1. The lowest BCUT2D eigenvalue weighted by molar-refractivity contribution is 0.0682. The number of halogens is 1. The van der Waals surface area contributed by atoms with Gasteiger partial charge in [0.1, 0.15) is 11.6 Å². The van der Waals surface area contributed by atoms with Crippen LogP contribution in [0.2, 0.25) is 0 Å². The van der Waals surface area contributed by atoms with E-state index in [1.807, 2.05) is 17.3 Å². The van der Waals surface area contributed by atoms with Crippen LogP contribution in [0.1, 0.15) is 35.9 Å². The van der Waals surface area contributed by atoms with Crippen LogP contribution in [0.15, 0.2) is 36.7 Å². The molecule has 1 aromatic carbocycles. The number of hydrogen-bond donors (Lipinski definition) is 0. The molecule has 23 heavy (non-hydrogen) atoms. The Morgan fingerprint density at radius 3 is 2.61 bits per heavy atom. The molecule has 5 heteroatoms. The molecule has 4 nitrogen and oxygen atoms in total. The summed E-state index contributed by atoms with van der Waals surface area (Å²) in [6.45, 7) is 4.61. The van der Waals surface area contributed by atoms with Crippen LogP contribution in [-0.4, -0.2) is 33.4 Å². The molecular weight excluding hydrogens is 293 g/mol. The summed E-state index contributed by atoms with van der Waals surface area (Å²) in [4.78, 5) is 18.7. The Labute approximate surface area is 135 Å². The molecular formula is C18H22FN3O. The van der Waals surface area contributed by atoms with E-state index in [1.165, 1.54) is 12.1 Å². The van der Waals surface area contributed by atoms with E-state index >= 15 is 0 Å². The summed E-state index contributed by atoms with van der Waals surface area (Å²) in [7, 11) is 0. The Morgan fingerprint density at radius 1 is 1.26 bits per heavy atom. The van der Waals surface area contributed by atoms with Crippen molar-refractivity contribution in [2.24, 2.45) is 5.92 Å². The third kappa shape index (κ3) is 3.60. The molecule has 122 valence electrons. The average Bonchev–Trinajstić information content (AvgIpc) is 3.03. The summed E-state index contributed by atoms with van der Waals surface area (Å²) in [5, 5.41) is 0. The van der Waals surface area contributed by atoms with Crippen molar-refractivity contribution in [3.05, 3.63) is 53.9 Å².